The van der Waals surface area contributed by atoms with E-state index in [0.717, 1.165) is 5.56 Å². The minimum absolute atomic E-state index is 0.159. The molecule has 1 aromatic heterocycles. The van der Waals surface area contributed by atoms with Crippen LogP contribution < -0.4 is 5.32 Å². The molecule has 0 aliphatic carbocycles. The number of nitro benzene ring substituents is 1. The maximum absolute atomic E-state index is 12.3. The van der Waals surface area contributed by atoms with Gasteiger partial charge in [-0.2, -0.15) is 4.98 Å². The Morgan fingerprint density at radius 3 is 2.69 bits per heavy atom. The van der Waals surface area contributed by atoms with E-state index >= 15 is 0 Å². The second-order valence-corrected chi connectivity index (χ2v) is 5.90. The third kappa shape index (κ3) is 3.86. The van der Waals surface area contributed by atoms with Crippen LogP contribution in [0.2, 0.25) is 5.02 Å². The number of rotatable bonds is 5. The van der Waals surface area contributed by atoms with Crippen molar-refractivity contribution in [2.24, 2.45) is 0 Å². The van der Waals surface area contributed by atoms with Gasteiger partial charge < -0.3 is 9.84 Å². The predicted octanol–water partition coefficient (Wildman–Crippen LogP) is 3.79. The van der Waals surface area contributed by atoms with Crippen molar-refractivity contribution in [3.8, 4) is 11.4 Å². The number of halogens is 1. The van der Waals surface area contributed by atoms with E-state index in [4.69, 9.17) is 16.1 Å². The molecule has 26 heavy (non-hydrogen) atoms. The standard InChI is InChI=1S/C17H13ClN4O4/c1-10(19-16(23)12-3-2-4-14(9-12)22(24)25)17-20-15(21-26-17)11-5-7-13(18)8-6-11/h2-10H,1H3,(H,19,23)/t10-/m1/s1. The van der Waals surface area contributed by atoms with Crippen LogP contribution >= 0.6 is 11.6 Å². The molecule has 0 saturated carbocycles. The Bertz CT molecular complexity index is 955. The van der Waals surface area contributed by atoms with Gasteiger partial charge in [0.2, 0.25) is 11.7 Å². The van der Waals surface area contributed by atoms with Gasteiger partial charge in [-0.15, -0.1) is 0 Å². The van der Waals surface area contributed by atoms with Gasteiger partial charge in [-0.3, -0.25) is 14.9 Å². The van der Waals surface area contributed by atoms with Gasteiger partial charge >= 0.3 is 0 Å². The van der Waals surface area contributed by atoms with Crippen LogP contribution in [0.1, 0.15) is 29.2 Å². The molecule has 1 amide bonds. The molecule has 3 aromatic rings. The van der Waals surface area contributed by atoms with Crippen molar-refractivity contribution in [1.29, 1.82) is 0 Å². The van der Waals surface area contributed by atoms with E-state index < -0.39 is 16.9 Å². The summed E-state index contributed by atoms with van der Waals surface area (Å²) in [6.45, 7) is 1.68. The lowest BCUT2D eigenvalue weighted by Crippen LogP contribution is -2.26. The molecular weight excluding hydrogens is 360 g/mol. The van der Waals surface area contributed by atoms with Gasteiger partial charge in [0.15, 0.2) is 0 Å². The van der Waals surface area contributed by atoms with Crippen LogP contribution in [-0.2, 0) is 0 Å². The Balaban J connectivity index is 1.73. The van der Waals surface area contributed by atoms with Crippen molar-refractivity contribution >= 4 is 23.2 Å². The molecule has 3 rings (SSSR count). The Kier molecular flexibility index (Phi) is 4.94. The van der Waals surface area contributed by atoms with Gasteiger partial charge in [-0.1, -0.05) is 22.8 Å². The van der Waals surface area contributed by atoms with E-state index in [1.165, 1.54) is 24.3 Å². The molecule has 0 radical (unpaired) electrons. The molecule has 0 unspecified atom stereocenters. The van der Waals surface area contributed by atoms with Crippen molar-refractivity contribution in [1.82, 2.24) is 15.5 Å². The van der Waals surface area contributed by atoms with Crippen LogP contribution in [-0.4, -0.2) is 21.0 Å². The molecule has 1 N–H and O–H groups in total. The van der Waals surface area contributed by atoms with Gasteiger partial charge in [0.25, 0.3) is 11.6 Å². The van der Waals surface area contributed by atoms with Crippen LogP contribution in [0.4, 0.5) is 5.69 Å². The van der Waals surface area contributed by atoms with E-state index in [-0.39, 0.29) is 17.1 Å². The summed E-state index contributed by atoms with van der Waals surface area (Å²) < 4.78 is 5.19. The quantitative estimate of drug-likeness (QED) is 0.538. The third-order valence-corrected chi connectivity index (χ3v) is 3.83. The summed E-state index contributed by atoms with van der Waals surface area (Å²) in [6, 6.07) is 11.8. The largest absolute Gasteiger partial charge is 0.341 e. The first-order valence-electron chi connectivity index (χ1n) is 7.59. The molecule has 1 heterocycles. The minimum Gasteiger partial charge on any atom is -0.341 e. The molecule has 0 bridgehead atoms. The van der Waals surface area contributed by atoms with Crippen LogP contribution in [0.3, 0.4) is 0 Å². The number of non-ortho nitro benzene ring substituents is 1. The van der Waals surface area contributed by atoms with Crippen molar-refractivity contribution in [3.63, 3.8) is 0 Å². The fourth-order valence-corrected chi connectivity index (χ4v) is 2.36. The lowest BCUT2D eigenvalue weighted by molar-refractivity contribution is -0.384. The molecule has 0 aliphatic rings. The van der Waals surface area contributed by atoms with Crippen molar-refractivity contribution in [3.05, 3.63) is 75.1 Å². The Labute approximate surface area is 152 Å². The van der Waals surface area contributed by atoms with Crippen molar-refractivity contribution < 1.29 is 14.2 Å². The van der Waals surface area contributed by atoms with E-state index in [1.54, 1.807) is 31.2 Å². The zero-order valence-corrected chi connectivity index (χ0v) is 14.3. The normalized spacial score (nSPS) is 11.8. The SMILES string of the molecule is C[C@@H](NC(=O)c1cccc([N+](=O)[O-])c1)c1nc(-c2ccc(Cl)cc2)no1. The van der Waals surface area contributed by atoms with Crippen molar-refractivity contribution in [2.45, 2.75) is 13.0 Å². The monoisotopic (exact) mass is 372 g/mol. The number of carbonyl (C=O) groups is 1. The molecule has 0 aliphatic heterocycles. The molecule has 0 fully saturated rings. The maximum Gasteiger partial charge on any atom is 0.270 e. The molecular formula is C17H13ClN4O4. The van der Waals surface area contributed by atoms with Gasteiger partial charge in [-0.05, 0) is 37.3 Å². The maximum atomic E-state index is 12.3. The van der Waals surface area contributed by atoms with E-state index in [9.17, 15) is 14.9 Å². The summed E-state index contributed by atoms with van der Waals surface area (Å²) >= 11 is 5.85. The molecule has 132 valence electrons. The number of carbonyl (C=O) groups excluding carboxylic acids is 1. The van der Waals surface area contributed by atoms with Crippen LogP contribution in [0.5, 0.6) is 0 Å². The average Bonchev–Trinajstić information content (AvgIpc) is 3.12. The number of nitrogens with zero attached hydrogens (tertiary/aromatic N) is 3. The number of hydrogen-bond donors (Lipinski definition) is 1. The van der Waals surface area contributed by atoms with Gasteiger partial charge in [0.1, 0.15) is 6.04 Å². The highest BCUT2D eigenvalue weighted by Crippen LogP contribution is 2.21. The lowest BCUT2D eigenvalue weighted by atomic mass is 10.2. The first-order valence-corrected chi connectivity index (χ1v) is 7.96. The highest BCUT2D eigenvalue weighted by molar-refractivity contribution is 6.30. The molecule has 2 aromatic carbocycles. The number of amides is 1. The van der Waals surface area contributed by atoms with Gasteiger partial charge in [-0.25, -0.2) is 0 Å². The predicted molar refractivity (Wildman–Crippen MR) is 93.7 cm³/mol. The van der Waals surface area contributed by atoms with Gasteiger partial charge in [0.05, 0.1) is 4.92 Å². The lowest BCUT2D eigenvalue weighted by Gasteiger charge is -2.09. The Morgan fingerprint density at radius 1 is 1.27 bits per heavy atom. The third-order valence-electron chi connectivity index (χ3n) is 3.58. The number of hydrogen-bond acceptors (Lipinski definition) is 6. The molecule has 0 spiro atoms. The molecule has 8 nitrogen and oxygen atoms in total. The van der Waals surface area contributed by atoms with Gasteiger partial charge in [0, 0.05) is 28.3 Å². The fraction of sp³-hybridized carbons (Fsp3) is 0.118. The summed E-state index contributed by atoms with van der Waals surface area (Å²) in [6.07, 6.45) is 0. The molecule has 9 heteroatoms. The number of benzene rings is 2. The summed E-state index contributed by atoms with van der Waals surface area (Å²) in [5.41, 5.74) is 0.734. The van der Waals surface area contributed by atoms with Crippen LogP contribution in [0.25, 0.3) is 11.4 Å². The second kappa shape index (κ2) is 7.32. The first-order chi connectivity index (χ1) is 12.4. The van der Waals surface area contributed by atoms with E-state index in [2.05, 4.69) is 15.5 Å². The molecule has 0 saturated heterocycles. The highest BCUT2D eigenvalue weighted by atomic mass is 35.5. The fourth-order valence-electron chi connectivity index (χ4n) is 2.23. The zero-order chi connectivity index (χ0) is 18.7. The smallest absolute Gasteiger partial charge is 0.270 e. The summed E-state index contributed by atoms with van der Waals surface area (Å²) in [5.74, 6) is 0.106. The van der Waals surface area contributed by atoms with Crippen molar-refractivity contribution in [2.75, 3.05) is 0 Å². The summed E-state index contributed by atoms with van der Waals surface area (Å²) in [5, 5.41) is 18.0. The van der Waals surface area contributed by atoms with Crippen LogP contribution in [0.15, 0.2) is 53.1 Å². The number of nitro groups is 1. The zero-order valence-electron chi connectivity index (χ0n) is 13.5. The number of aromatic nitrogens is 2. The number of nitrogens with one attached hydrogen (secondary N) is 1. The highest BCUT2D eigenvalue weighted by Gasteiger charge is 2.19. The average molecular weight is 373 g/mol. The van der Waals surface area contributed by atoms with E-state index in [1.807, 2.05) is 0 Å². The van der Waals surface area contributed by atoms with E-state index in [0.29, 0.717) is 10.8 Å². The Morgan fingerprint density at radius 2 is 2.00 bits per heavy atom. The molecule has 1 atom stereocenters. The summed E-state index contributed by atoms with van der Waals surface area (Å²) in [7, 11) is 0. The Hall–Kier alpha value is -3.26. The minimum atomic E-state index is -0.574. The van der Waals surface area contributed by atoms with Crippen LogP contribution in [0, 0.1) is 10.1 Å². The summed E-state index contributed by atoms with van der Waals surface area (Å²) in [4.78, 5) is 26.8. The topological polar surface area (TPSA) is 111 Å². The first kappa shape index (κ1) is 17.6. The second-order valence-electron chi connectivity index (χ2n) is 5.47.